The summed E-state index contributed by atoms with van der Waals surface area (Å²) in [5.41, 5.74) is 2.46. The third kappa shape index (κ3) is 1.87. The third-order valence-electron chi connectivity index (χ3n) is 3.48. The van der Waals surface area contributed by atoms with Crippen molar-refractivity contribution in [1.82, 2.24) is 9.78 Å². The zero-order valence-electron chi connectivity index (χ0n) is 9.68. The van der Waals surface area contributed by atoms with Crippen LogP contribution >= 0.6 is 0 Å². The van der Waals surface area contributed by atoms with Gasteiger partial charge in [0, 0.05) is 11.3 Å². The predicted molar refractivity (Wildman–Crippen MR) is 61.3 cm³/mol. The molecule has 0 saturated heterocycles. The summed E-state index contributed by atoms with van der Waals surface area (Å²) in [6.45, 7) is 4.21. The second-order valence-corrected chi connectivity index (χ2v) is 4.56. The van der Waals surface area contributed by atoms with E-state index in [2.05, 4.69) is 18.9 Å². The molecule has 0 aliphatic heterocycles. The Morgan fingerprint density at radius 2 is 2.07 bits per heavy atom. The van der Waals surface area contributed by atoms with E-state index >= 15 is 0 Å². The molecule has 1 aliphatic rings. The molecule has 1 N–H and O–H groups in total. The van der Waals surface area contributed by atoms with E-state index < -0.39 is 0 Å². The first-order valence-electron chi connectivity index (χ1n) is 6.06. The van der Waals surface area contributed by atoms with Gasteiger partial charge in [0.25, 0.3) is 5.56 Å². The molecule has 0 spiro atoms. The fourth-order valence-electron chi connectivity index (χ4n) is 2.28. The van der Waals surface area contributed by atoms with Gasteiger partial charge in [0.05, 0.1) is 6.04 Å². The molecule has 1 unspecified atom stereocenters. The van der Waals surface area contributed by atoms with E-state index in [1.165, 1.54) is 25.0 Å². The molecule has 0 saturated carbocycles. The van der Waals surface area contributed by atoms with Gasteiger partial charge < -0.3 is 0 Å². The molecular weight excluding hydrogens is 188 g/mol. The summed E-state index contributed by atoms with van der Waals surface area (Å²) in [5, 5.41) is 3.30. The van der Waals surface area contributed by atoms with E-state index in [-0.39, 0.29) is 5.56 Å². The molecule has 3 heteroatoms. The number of aromatic nitrogens is 2. The number of nitrogens with zero attached hydrogens (tertiary/aromatic N) is 1. The average Bonchev–Trinajstić information content (AvgIpc) is 2.44. The monoisotopic (exact) mass is 208 g/mol. The van der Waals surface area contributed by atoms with Crippen molar-refractivity contribution in [2.24, 2.45) is 0 Å². The van der Waals surface area contributed by atoms with E-state index in [1.54, 1.807) is 0 Å². The lowest BCUT2D eigenvalue weighted by atomic mass is 10.1. The number of hydrogen-bond acceptors (Lipinski definition) is 1. The van der Waals surface area contributed by atoms with Crippen molar-refractivity contribution in [2.75, 3.05) is 0 Å². The van der Waals surface area contributed by atoms with Crippen molar-refractivity contribution >= 4 is 0 Å². The lowest BCUT2D eigenvalue weighted by Crippen LogP contribution is -2.22. The van der Waals surface area contributed by atoms with E-state index in [4.69, 9.17) is 0 Å². The van der Waals surface area contributed by atoms with Crippen LogP contribution in [0.15, 0.2) is 4.79 Å². The summed E-state index contributed by atoms with van der Waals surface area (Å²) < 4.78 is 1.82. The molecule has 15 heavy (non-hydrogen) atoms. The Hall–Kier alpha value is -0.990. The van der Waals surface area contributed by atoms with E-state index in [0.717, 1.165) is 24.8 Å². The third-order valence-corrected chi connectivity index (χ3v) is 3.48. The number of fused-ring (bicyclic) bond motifs is 1. The molecule has 1 aliphatic carbocycles. The van der Waals surface area contributed by atoms with Crippen LogP contribution in [0.1, 0.15) is 56.8 Å². The summed E-state index contributed by atoms with van der Waals surface area (Å²) in [7, 11) is 0. The first kappa shape index (κ1) is 10.5. The number of hydrogen-bond donors (Lipinski definition) is 1. The summed E-state index contributed by atoms with van der Waals surface area (Å²) in [6.07, 6.45) is 6.65. The van der Waals surface area contributed by atoms with Crippen LogP contribution in [0, 0.1) is 0 Å². The molecule has 1 aromatic rings. The van der Waals surface area contributed by atoms with E-state index in [0.29, 0.717) is 6.04 Å². The quantitative estimate of drug-likeness (QED) is 0.745. The molecule has 1 heterocycles. The molecule has 0 aromatic carbocycles. The van der Waals surface area contributed by atoms with Gasteiger partial charge >= 0.3 is 0 Å². The normalized spacial score (nSPS) is 18.3. The van der Waals surface area contributed by atoms with Gasteiger partial charge in [-0.2, -0.15) is 0 Å². The maximum absolute atomic E-state index is 12.1. The van der Waals surface area contributed by atoms with Crippen LogP contribution in [0.25, 0.3) is 0 Å². The molecule has 0 bridgehead atoms. The van der Waals surface area contributed by atoms with Gasteiger partial charge in [-0.15, -0.1) is 0 Å². The highest BCUT2D eigenvalue weighted by molar-refractivity contribution is 5.19. The predicted octanol–water partition coefficient (Wildman–Crippen LogP) is 2.42. The van der Waals surface area contributed by atoms with E-state index in [9.17, 15) is 4.79 Å². The molecule has 2 rings (SSSR count). The summed E-state index contributed by atoms with van der Waals surface area (Å²) in [4.78, 5) is 12.1. The van der Waals surface area contributed by atoms with Crippen molar-refractivity contribution in [3.8, 4) is 0 Å². The van der Waals surface area contributed by atoms with Crippen LogP contribution in [0.4, 0.5) is 0 Å². The van der Waals surface area contributed by atoms with Gasteiger partial charge in [-0.3, -0.25) is 9.89 Å². The molecule has 84 valence electrons. The van der Waals surface area contributed by atoms with Gasteiger partial charge in [0.15, 0.2) is 0 Å². The zero-order chi connectivity index (χ0) is 10.8. The molecule has 1 aromatic heterocycles. The molecule has 0 radical (unpaired) electrons. The highest BCUT2D eigenvalue weighted by atomic mass is 16.1. The lowest BCUT2D eigenvalue weighted by Gasteiger charge is -2.08. The van der Waals surface area contributed by atoms with Crippen LogP contribution in [-0.2, 0) is 12.8 Å². The van der Waals surface area contributed by atoms with Crippen LogP contribution < -0.4 is 5.56 Å². The molecule has 0 amide bonds. The Morgan fingerprint density at radius 1 is 1.33 bits per heavy atom. The van der Waals surface area contributed by atoms with Crippen molar-refractivity contribution < 1.29 is 0 Å². The van der Waals surface area contributed by atoms with Crippen molar-refractivity contribution in [3.05, 3.63) is 21.6 Å². The number of nitrogens with one attached hydrogen (secondary N) is 1. The van der Waals surface area contributed by atoms with E-state index in [1.807, 2.05) is 4.68 Å². The minimum absolute atomic E-state index is 0.223. The first-order chi connectivity index (χ1) is 7.24. The Bertz CT molecular complexity index is 389. The van der Waals surface area contributed by atoms with Crippen LogP contribution in [-0.4, -0.2) is 9.78 Å². The SMILES string of the molecule is CCC(C)n1[nH]c2c(c1=O)CCCCC2. The second kappa shape index (κ2) is 4.25. The van der Waals surface area contributed by atoms with Gasteiger partial charge in [-0.1, -0.05) is 13.3 Å². The van der Waals surface area contributed by atoms with Crippen molar-refractivity contribution in [1.29, 1.82) is 0 Å². The highest BCUT2D eigenvalue weighted by Crippen LogP contribution is 2.17. The Balaban J connectivity index is 2.40. The Kier molecular flexibility index (Phi) is 2.98. The number of H-pyrrole nitrogens is 1. The van der Waals surface area contributed by atoms with Crippen molar-refractivity contribution in [2.45, 2.75) is 58.4 Å². The molecule has 0 fully saturated rings. The number of rotatable bonds is 2. The van der Waals surface area contributed by atoms with Gasteiger partial charge in [0.1, 0.15) is 0 Å². The summed E-state index contributed by atoms with van der Waals surface area (Å²) >= 11 is 0. The van der Waals surface area contributed by atoms with Crippen LogP contribution in [0.3, 0.4) is 0 Å². The smallest absolute Gasteiger partial charge is 0.270 e. The van der Waals surface area contributed by atoms with Gasteiger partial charge in [0.2, 0.25) is 0 Å². The Morgan fingerprint density at radius 3 is 2.80 bits per heavy atom. The zero-order valence-corrected chi connectivity index (χ0v) is 9.68. The van der Waals surface area contributed by atoms with Crippen LogP contribution in [0.5, 0.6) is 0 Å². The Labute approximate surface area is 90.5 Å². The molecular formula is C12H20N2O. The number of aromatic amines is 1. The average molecular weight is 208 g/mol. The summed E-state index contributed by atoms with van der Waals surface area (Å²) in [5.74, 6) is 0. The highest BCUT2D eigenvalue weighted by Gasteiger charge is 2.17. The molecule has 1 atom stereocenters. The van der Waals surface area contributed by atoms with Crippen molar-refractivity contribution in [3.63, 3.8) is 0 Å². The maximum Gasteiger partial charge on any atom is 0.270 e. The fraction of sp³-hybridized carbons (Fsp3) is 0.750. The minimum Gasteiger partial charge on any atom is -0.299 e. The first-order valence-corrected chi connectivity index (χ1v) is 6.06. The maximum atomic E-state index is 12.1. The second-order valence-electron chi connectivity index (χ2n) is 4.56. The summed E-state index contributed by atoms with van der Waals surface area (Å²) in [6, 6.07) is 0.296. The fourth-order valence-corrected chi connectivity index (χ4v) is 2.28. The van der Waals surface area contributed by atoms with Crippen LogP contribution in [0.2, 0.25) is 0 Å². The number of aryl methyl sites for hydroxylation is 1. The standard InChI is InChI=1S/C12H20N2O/c1-3-9(2)14-12(15)10-7-5-4-6-8-11(10)13-14/h9,13H,3-8H2,1-2H3. The topological polar surface area (TPSA) is 37.8 Å². The largest absolute Gasteiger partial charge is 0.299 e. The molecule has 3 nitrogen and oxygen atoms in total. The van der Waals surface area contributed by atoms with Gasteiger partial charge in [-0.05, 0) is 39.0 Å². The lowest BCUT2D eigenvalue weighted by molar-refractivity contribution is 0.459. The minimum atomic E-state index is 0.223. The van der Waals surface area contributed by atoms with Gasteiger partial charge in [-0.25, -0.2) is 4.68 Å².